The van der Waals surface area contributed by atoms with E-state index in [0.717, 1.165) is 44.1 Å². The zero-order chi connectivity index (χ0) is 10.3. The SMILES string of the molecule is CC(=O)O.Oc1ccccc1[CH2][Na]. The quantitative estimate of drug-likeness (QED) is 0.653. The van der Waals surface area contributed by atoms with E-state index < -0.39 is 5.97 Å². The number of benzene rings is 1. The molecule has 13 heavy (non-hydrogen) atoms. The second-order valence-electron chi connectivity index (χ2n) is 2.50. The summed E-state index contributed by atoms with van der Waals surface area (Å²) in [6.45, 7) is 1.08. The summed E-state index contributed by atoms with van der Waals surface area (Å²) in [4.78, 5) is 9.00. The summed E-state index contributed by atoms with van der Waals surface area (Å²) in [7, 11) is 0. The standard InChI is InChI=1S/C7H7O.C2H4O2.Na/c1-6-4-2-3-5-7(6)8;1-2(3)4;/h2-5,8H,1H2;1H3,(H,3,4);. The molecule has 0 aliphatic rings. The number of hydrogen-bond donors (Lipinski definition) is 2. The van der Waals surface area contributed by atoms with E-state index in [1.165, 1.54) is 0 Å². The number of aromatic hydroxyl groups is 1. The molecule has 0 aliphatic heterocycles. The normalized spacial score (nSPS) is 8.54. The van der Waals surface area contributed by atoms with Gasteiger partial charge in [0.15, 0.2) is 0 Å². The van der Waals surface area contributed by atoms with Crippen LogP contribution in [0.15, 0.2) is 24.3 Å². The van der Waals surface area contributed by atoms with Crippen molar-refractivity contribution < 1.29 is 15.0 Å². The Kier molecular flexibility index (Phi) is 6.68. The molecular formula is C9H11NaO3. The average Bonchev–Trinajstić information content (AvgIpc) is 2.04. The third kappa shape index (κ3) is 6.63. The molecule has 0 aromatic heterocycles. The Labute approximate surface area is 94.8 Å². The summed E-state index contributed by atoms with van der Waals surface area (Å²) >= 11 is 1.12. The number of carboxylic acids is 1. The Morgan fingerprint density at radius 1 is 1.46 bits per heavy atom. The monoisotopic (exact) mass is 190 g/mol. The van der Waals surface area contributed by atoms with Gasteiger partial charge in [-0.2, -0.15) is 0 Å². The number of aliphatic carboxylic acids is 1. The maximum atomic E-state index is 9.13. The van der Waals surface area contributed by atoms with Crippen molar-refractivity contribution in [3.8, 4) is 5.75 Å². The van der Waals surface area contributed by atoms with Gasteiger partial charge in [-0.25, -0.2) is 0 Å². The van der Waals surface area contributed by atoms with Crippen molar-refractivity contribution in [3.63, 3.8) is 0 Å². The van der Waals surface area contributed by atoms with Crippen molar-refractivity contribution in [1.29, 1.82) is 0 Å². The summed E-state index contributed by atoms with van der Waals surface area (Å²) in [5.41, 5.74) is 1.07. The van der Waals surface area contributed by atoms with Crippen molar-refractivity contribution in [2.75, 3.05) is 0 Å². The minimum atomic E-state index is -0.833. The van der Waals surface area contributed by atoms with Crippen LogP contribution in [0.3, 0.4) is 0 Å². The number of para-hydroxylation sites is 1. The van der Waals surface area contributed by atoms with Gasteiger partial charge in [-0.15, -0.1) is 0 Å². The molecule has 0 aliphatic carbocycles. The molecule has 0 unspecified atom stereocenters. The molecule has 2 N–H and O–H groups in total. The molecule has 0 spiro atoms. The predicted octanol–water partition coefficient (Wildman–Crippen LogP) is 1.15. The van der Waals surface area contributed by atoms with Crippen molar-refractivity contribution in [2.24, 2.45) is 0 Å². The van der Waals surface area contributed by atoms with E-state index in [-0.39, 0.29) is 0 Å². The first-order valence-corrected chi connectivity index (χ1v) is 5.45. The number of carboxylic acid groups (broad SMARTS) is 1. The molecule has 0 amide bonds. The molecule has 4 heteroatoms. The maximum absolute atomic E-state index is 9.13. The fourth-order valence-corrected chi connectivity index (χ4v) is 1.41. The van der Waals surface area contributed by atoms with E-state index in [4.69, 9.17) is 15.0 Å². The number of carbonyl (C=O) groups is 1. The molecule has 1 rings (SSSR count). The topological polar surface area (TPSA) is 57.5 Å². The van der Waals surface area contributed by atoms with Gasteiger partial charge < -0.3 is 5.11 Å². The van der Waals surface area contributed by atoms with E-state index in [2.05, 4.69) is 0 Å². The first kappa shape index (κ1) is 12.5. The van der Waals surface area contributed by atoms with Crippen LogP contribution < -0.4 is 0 Å². The summed E-state index contributed by atoms with van der Waals surface area (Å²) in [5, 5.41) is 16.5. The molecule has 0 saturated heterocycles. The van der Waals surface area contributed by atoms with Crippen LogP contribution in [0.25, 0.3) is 0 Å². The molecule has 0 saturated carbocycles. The molecule has 1 aromatic carbocycles. The van der Waals surface area contributed by atoms with Crippen LogP contribution >= 0.6 is 0 Å². The zero-order valence-corrected chi connectivity index (χ0v) is 9.82. The zero-order valence-electron chi connectivity index (χ0n) is 7.82. The third-order valence-electron chi connectivity index (χ3n) is 1.37. The summed E-state index contributed by atoms with van der Waals surface area (Å²) in [5.74, 6) is -0.396. The number of phenols is 1. The van der Waals surface area contributed by atoms with Gasteiger partial charge in [0.1, 0.15) is 0 Å². The van der Waals surface area contributed by atoms with Crippen LogP contribution in [0.2, 0.25) is 0 Å². The van der Waals surface area contributed by atoms with Gasteiger partial charge in [0, 0.05) is 6.92 Å². The van der Waals surface area contributed by atoms with Crippen LogP contribution in [0.4, 0.5) is 0 Å². The van der Waals surface area contributed by atoms with Gasteiger partial charge in [0.2, 0.25) is 0 Å². The minimum absolute atomic E-state index is 0.438. The van der Waals surface area contributed by atoms with Crippen molar-refractivity contribution in [3.05, 3.63) is 29.8 Å². The first-order chi connectivity index (χ1) is 6.07. The predicted molar refractivity (Wildman–Crippen MR) is 50.9 cm³/mol. The fourth-order valence-electron chi connectivity index (χ4n) is 0.810. The molecule has 0 heterocycles. The first-order valence-electron chi connectivity index (χ1n) is 4.04. The number of hydrogen-bond acceptors (Lipinski definition) is 2. The van der Waals surface area contributed by atoms with Gasteiger partial charge in [0.25, 0.3) is 5.97 Å². The summed E-state index contributed by atoms with van der Waals surface area (Å²) < 4.78 is 1.03. The molecule has 1 aromatic rings. The van der Waals surface area contributed by atoms with Crippen molar-refractivity contribution in [1.82, 2.24) is 0 Å². The Balaban J connectivity index is 0.000000310. The summed E-state index contributed by atoms with van der Waals surface area (Å²) in [6.07, 6.45) is 0. The molecule has 0 fully saturated rings. The molecule has 0 radical (unpaired) electrons. The molecular weight excluding hydrogens is 179 g/mol. The Morgan fingerprint density at radius 2 is 1.92 bits per heavy atom. The third-order valence-corrected chi connectivity index (χ3v) is 2.13. The van der Waals surface area contributed by atoms with E-state index in [1.54, 1.807) is 6.07 Å². The fraction of sp³-hybridized carbons (Fsp3) is 0.222. The Hall–Kier alpha value is -0.510. The van der Waals surface area contributed by atoms with Gasteiger partial charge in [0.05, 0.1) is 0 Å². The number of phenolic OH excluding ortho intramolecular Hbond substituents is 1. The van der Waals surface area contributed by atoms with Crippen LogP contribution in [-0.4, -0.2) is 44.1 Å². The average molecular weight is 190 g/mol. The second-order valence-corrected chi connectivity index (χ2v) is 3.21. The van der Waals surface area contributed by atoms with Crippen molar-refractivity contribution in [2.45, 2.75) is 10.6 Å². The molecule has 0 atom stereocenters. The van der Waals surface area contributed by atoms with Crippen LogP contribution in [0.1, 0.15) is 12.5 Å². The van der Waals surface area contributed by atoms with E-state index >= 15 is 0 Å². The van der Waals surface area contributed by atoms with E-state index in [1.807, 2.05) is 18.2 Å². The second kappa shape index (κ2) is 6.95. The van der Waals surface area contributed by atoms with Gasteiger partial charge >= 0.3 is 72.3 Å². The summed E-state index contributed by atoms with van der Waals surface area (Å²) in [6, 6.07) is 7.48. The van der Waals surface area contributed by atoms with Crippen LogP contribution in [-0.2, 0) is 8.46 Å². The Morgan fingerprint density at radius 3 is 2.23 bits per heavy atom. The van der Waals surface area contributed by atoms with Gasteiger partial charge in [-0.1, -0.05) is 0 Å². The molecule has 3 nitrogen and oxygen atoms in total. The molecule has 0 bridgehead atoms. The van der Waals surface area contributed by atoms with Crippen molar-refractivity contribution >= 4 is 33.9 Å². The van der Waals surface area contributed by atoms with E-state index in [9.17, 15) is 0 Å². The van der Waals surface area contributed by atoms with Gasteiger partial charge in [-0.05, 0) is 0 Å². The van der Waals surface area contributed by atoms with E-state index in [0.29, 0.717) is 5.75 Å². The Bertz CT molecular complexity index is 269. The molecule has 66 valence electrons. The van der Waals surface area contributed by atoms with Crippen LogP contribution in [0, 0.1) is 0 Å². The van der Waals surface area contributed by atoms with Crippen LogP contribution in [0.5, 0.6) is 5.75 Å². The van der Waals surface area contributed by atoms with Gasteiger partial charge in [-0.3, -0.25) is 4.79 Å². The number of rotatable bonds is 1.